The number of benzene rings is 1. The minimum Gasteiger partial charge on any atom is -0.370 e. The number of halogens is 1. The molecule has 4 nitrogen and oxygen atoms in total. The predicted molar refractivity (Wildman–Crippen MR) is 84.9 cm³/mol. The van der Waals surface area contributed by atoms with Crippen molar-refractivity contribution < 1.29 is 4.79 Å². The fraction of sp³-hybridized carbons (Fsp3) is 0.533. The van der Waals surface area contributed by atoms with E-state index in [0.717, 1.165) is 40.4 Å². The third-order valence-electron chi connectivity index (χ3n) is 4.67. The molecule has 0 radical (unpaired) electrons. The van der Waals surface area contributed by atoms with Crippen LogP contribution in [0.5, 0.6) is 0 Å². The SMILES string of the molecule is CC1CCN(c2cc3c(cc2Br)C(N)C(=O)N3)CC1C. The molecule has 20 heavy (non-hydrogen) atoms. The smallest absolute Gasteiger partial charge is 0.245 e. The average molecular weight is 338 g/mol. The number of nitrogens with zero attached hydrogens (tertiary/aromatic N) is 1. The summed E-state index contributed by atoms with van der Waals surface area (Å²) in [7, 11) is 0. The highest BCUT2D eigenvalue weighted by atomic mass is 79.9. The number of nitrogens with one attached hydrogen (secondary N) is 1. The van der Waals surface area contributed by atoms with Crippen molar-refractivity contribution in [3.05, 3.63) is 22.2 Å². The van der Waals surface area contributed by atoms with Gasteiger partial charge in [0, 0.05) is 28.8 Å². The van der Waals surface area contributed by atoms with Crippen molar-refractivity contribution in [3.8, 4) is 0 Å². The molecule has 1 amide bonds. The lowest BCUT2D eigenvalue weighted by molar-refractivity contribution is -0.116. The number of hydrogen-bond acceptors (Lipinski definition) is 3. The summed E-state index contributed by atoms with van der Waals surface area (Å²) in [5.74, 6) is 1.33. The summed E-state index contributed by atoms with van der Waals surface area (Å²) < 4.78 is 1.02. The van der Waals surface area contributed by atoms with Crippen LogP contribution in [0.2, 0.25) is 0 Å². The summed E-state index contributed by atoms with van der Waals surface area (Å²) in [5, 5.41) is 2.86. The van der Waals surface area contributed by atoms with Crippen LogP contribution in [0.1, 0.15) is 31.9 Å². The second kappa shape index (κ2) is 5.04. The van der Waals surface area contributed by atoms with Crippen LogP contribution in [-0.2, 0) is 4.79 Å². The van der Waals surface area contributed by atoms with Gasteiger partial charge in [-0.25, -0.2) is 0 Å². The lowest BCUT2D eigenvalue weighted by atomic mass is 9.88. The van der Waals surface area contributed by atoms with E-state index in [1.54, 1.807) is 0 Å². The van der Waals surface area contributed by atoms with Crippen molar-refractivity contribution in [2.24, 2.45) is 17.6 Å². The van der Waals surface area contributed by atoms with Crippen molar-refractivity contribution in [1.29, 1.82) is 0 Å². The van der Waals surface area contributed by atoms with Gasteiger partial charge >= 0.3 is 0 Å². The number of rotatable bonds is 1. The summed E-state index contributed by atoms with van der Waals surface area (Å²) in [5.41, 5.74) is 8.76. The fourth-order valence-electron chi connectivity index (χ4n) is 3.02. The number of piperidine rings is 1. The molecule has 2 aliphatic heterocycles. The summed E-state index contributed by atoms with van der Waals surface area (Å²) >= 11 is 3.63. The third-order valence-corrected chi connectivity index (χ3v) is 5.30. The molecule has 3 rings (SSSR count). The molecule has 2 heterocycles. The molecule has 1 aromatic rings. The molecule has 0 saturated carbocycles. The van der Waals surface area contributed by atoms with Gasteiger partial charge in [-0.2, -0.15) is 0 Å². The maximum absolute atomic E-state index is 11.7. The number of anilines is 2. The Kier molecular flexibility index (Phi) is 3.50. The Morgan fingerprint density at radius 1 is 1.35 bits per heavy atom. The van der Waals surface area contributed by atoms with Crippen molar-refractivity contribution in [1.82, 2.24) is 0 Å². The van der Waals surface area contributed by atoms with Crippen molar-refractivity contribution >= 4 is 33.2 Å². The highest BCUT2D eigenvalue weighted by Crippen LogP contribution is 2.39. The van der Waals surface area contributed by atoms with Crippen LogP contribution in [-0.4, -0.2) is 19.0 Å². The van der Waals surface area contributed by atoms with E-state index in [2.05, 4.69) is 40.0 Å². The van der Waals surface area contributed by atoms with Gasteiger partial charge in [0.1, 0.15) is 6.04 Å². The van der Waals surface area contributed by atoms with Crippen molar-refractivity contribution in [2.45, 2.75) is 26.3 Å². The number of carbonyl (C=O) groups excluding carboxylic acids is 1. The molecule has 0 spiro atoms. The van der Waals surface area contributed by atoms with Crippen LogP contribution in [0.3, 0.4) is 0 Å². The summed E-state index contributed by atoms with van der Waals surface area (Å²) in [6.45, 7) is 6.73. The molecule has 2 aliphatic rings. The van der Waals surface area contributed by atoms with E-state index in [-0.39, 0.29) is 5.91 Å². The molecular formula is C15H20BrN3O. The summed E-state index contributed by atoms with van der Waals surface area (Å²) in [4.78, 5) is 14.1. The quantitative estimate of drug-likeness (QED) is 0.828. The molecule has 1 fully saturated rings. The van der Waals surface area contributed by atoms with Gasteiger partial charge in [0.15, 0.2) is 0 Å². The highest BCUT2D eigenvalue weighted by Gasteiger charge is 2.30. The summed E-state index contributed by atoms with van der Waals surface area (Å²) in [6.07, 6.45) is 1.20. The van der Waals surface area contributed by atoms with E-state index in [4.69, 9.17) is 5.73 Å². The Morgan fingerprint density at radius 3 is 2.80 bits per heavy atom. The zero-order valence-corrected chi connectivity index (χ0v) is 13.4. The normalized spacial score (nSPS) is 29.3. The molecule has 108 valence electrons. The van der Waals surface area contributed by atoms with E-state index in [1.807, 2.05) is 12.1 Å². The second-order valence-electron chi connectivity index (χ2n) is 6.05. The molecule has 0 bridgehead atoms. The van der Waals surface area contributed by atoms with E-state index in [1.165, 1.54) is 6.42 Å². The molecule has 3 N–H and O–H groups in total. The van der Waals surface area contributed by atoms with Crippen molar-refractivity contribution in [3.63, 3.8) is 0 Å². The Morgan fingerprint density at radius 2 is 2.10 bits per heavy atom. The first-order chi connectivity index (χ1) is 9.47. The first-order valence-electron chi connectivity index (χ1n) is 7.12. The van der Waals surface area contributed by atoms with Gasteiger partial charge in [-0.05, 0) is 46.3 Å². The standard InChI is InChI=1S/C15H20BrN3O/c1-8-3-4-19(7-9(8)2)13-6-12-10(5-11(13)16)14(17)15(20)18-12/h5-6,8-9,14H,3-4,7,17H2,1-2H3,(H,18,20). The molecule has 0 aliphatic carbocycles. The van der Waals surface area contributed by atoms with Gasteiger partial charge in [-0.15, -0.1) is 0 Å². The van der Waals surface area contributed by atoms with Crippen LogP contribution in [0.25, 0.3) is 0 Å². The number of fused-ring (bicyclic) bond motifs is 1. The van der Waals surface area contributed by atoms with Crippen LogP contribution in [0.4, 0.5) is 11.4 Å². The molecule has 0 aromatic heterocycles. The van der Waals surface area contributed by atoms with Crippen LogP contribution >= 0.6 is 15.9 Å². The number of nitrogens with two attached hydrogens (primary N) is 1. The topological polar surface area (TPSA) is 58.4 Å². The first kappa shape index (κ1) is 13.9. The number of carbonyl (C=O) groups is 1. The monoisotopic (exact) mass is 337 g/mol. The highest BCUT2D eigenvalue weighted by molar-refractivity contribution is 9.10. The van der Waals surface area contributed by atoms with Crippen LogP contribution < -0.4 is 16.0 Å². The predicted octanol–water partition coefficient (Wildman–Crippen LogP) is 2.88. The zero-order valence-electron chi connectivity index (χ0n) is 11.8. The molecule has 1 aromatic carbocycles. The van der Waals surface area contributed by atoms with Gasteiger partial charge in [0.05, 0.1) is 5.69 Å². The van der Waals surface area contributed by atoms with E-state index in [0.29, 0.717) is 5.92 Å². The van der Waals surface area contributed by atoms with E-state index >= 15 is 0 Å². The molecule has 1 saturated heterocycles. The van der Waals surface area contributed by atoms with Crippen molar-refractivity contribution in [2.75, 3.05) is 23.3 Å². The van der Waals surface area contributed by atoms with Gasteiger partial charge in [0.25, 0.3) is 0 Å². The minimum absolute atomic E-state index is 0.121. The first-order valence-corrected chi connectivity index (χ1v) is 7.91. The molecule has 3 atom stereocenters. The van der Waals surface area contributed by atoms with Gasteiger partial charge in [0.2, 0.25) is 5.91 Å². The van der Waals surface area contributed by atoms with Gasteiger partial charge < -0.3 is 16.0 Å². The Balaban J connectivity index is 1.92. The summed E-state index contributed by atoms with van der Waals surface area (Å²) in [6, 6.07) is 3.48. The van der Waals surface area contributed by atoms with Gasteiger partial charge in [-0.3, -0.25) is 4.79 Å². The third kappa shape index (κ3) is 2.23. The average Bonchev–Trinajstić information content (AvgIpc) is 2.68. The number of amides is 1. The maximum atomic E-state index is 11.7. The lowest BCUT2D eigenvalue weighted by Crippen LogP contribution is -2.38. The Hall–Kier alpha value is -1.07. The molecular weight excluding hydrogens is 318 g/mol. The van der Waals surface area contributed by atoms with Crippen LogP contribution in [0, 0.1) is 11.8 Å². The Bertz CT molecular complexity index is 560. The largest absolute Gasteiger partial charge is 0.370 e. The van der Waals surface area contributed by atoms with Gasteiger partial charge in [-0.1, -0.05) is 13.8 Å². The van der Waals surface area contributed by atoms with E-state index in [9.17, 15) is 4.79 Å². The number of hydrogen-bond donors (Lipinski definition) is 2. The molecule has 5 heteroatoms. The maximum Gasteiger partial charge on any atom is 0.245 e. The second-order valence-corrected chi connectivity index (χ2v) is 6.90. The van der Waals surface area contributed by atoms with E-state index < -0.39 is 6.04 Å². The Labute approximate surface area is 127 Å². The van der Waals surface area contributed by atoms with Crippen LogP contribution in [0.15, 0.2) is 16.6 Å². The minimum atomic E-state index is -0.546. The molecule has 3 unspecified atom stereocenters. The fourth-order valence-corrected chi connectivity index (χ4v) is 3.63. The zero-order chi connectivity index (χ0) is 14.4. The lowest BCUT2D eigenvalue weighted by Gasteiger charge is -2.37.